The average Bonchev–Trinajstić information content (AvgIpc) is 2.45. The second-order valence-corrected chi connectivity index (χ2v) is 5.13. The molecule has 4 nitrogen and oxygen atoms in total. The third-order valence-corrected chi connectivity index (χ3v) is 3.97. The van der Waals surface area contributed by atoms with Crippen LogP contribution in [0.3, 0.4) is 0 Å². The van der Waals surface area contributed by atoms with E-state index in [-0.39, 0.29) is 36.6 Å². The van der Waals surface area contributed by atoms with Gasteiger partial charge in [-0.05, 0) is 18.6 Å². The molecule has 1 aliphatic heterocycles. The molecule has 0 aliphatic carbocycles. The number of hydrogen-bond acceptors (Lipinski definition) is 4. The van der Waals surface area contributed by atoms with E-state index >= 15 is 0 Å². The van der Waals surface area contributed by atoms with Crippen LogP contribution in [0, 0.1) is 0 Å². The Labute approximate surface area is 143 Å². The molecule has 0 unspecified atom stereocenters. The summed E-state index contributed by atoms with van der Waals surface area (Å²) in [5.74, 6) is 0.846. The van der Waals surface area contributed by atoms with Gasteiger partial charge in [0.05, 0.1) is 17.7 Å². The molecule has 0 amide bonds. The molecular weight excluding hydrogens is 335 g/mol. The number of halogens is 3. The summed E-state index contributed by atoms with van der Waals surface area (Å²) in [7, 11) is 1.62. The van der Waals surface area contributed by atoms with Crippen molar-refractivity contribution in [2.24, 2.45) is 0 Å². The van der Waals surface area contributed by atoms with Crippen molar-refractivity contribution in [3.8, 4) is 11.5 Å². The van der Waals surface area contributed by atoms with Crippen molar-refractivity contribution in [2.45, 2.75) is 19.4 Å². The Morgan fingerprint density at radius 3 is 2.48 bits per heavy atom. The highest BCUT2D eigenvalue weighted by Crippen LogP contribution is 2.42. The van der Waals surface area contributed by atoms with E-state index in [0.717, 1.165) is 38.2 Å². The number of rotatable bonds is 4. The lowest BCUT2D eigenvalue weighted by Gasteiger charge is -2.35. The first kappa shape index (κ1) is 20.6. The molecule has 2 rings (SSSR count). The molecule has 0 radical (unpaired) electrons. The standard InChI is InChI=1S/C14H21ClN2O2.2ClH/c1-3-11(17-8-6-16-7-9-17)13-12(19-2)5-4-10(15)14(13)18;;/h4-5,11,16,18H,3,6-9H2,1-2H3;2*1H/t11-;;/m1../s1. The Hall–Kier alpha value is -0.390. The van der Waals surface area contributed by atoms with Crippen molar-refractivity contribution in [1.82, 2.24) is 10.2 Å². The van der Waals surface area contributed by atoms with Gasteiger partial charge in [-0.15, -0.1) is 24.8 Å². The number of phenols is 1. The van der Waals surface area contributed by atoms with Gasteiger partial charge in [0.1, 0.15) is 11.5 Å². The number of benzene rings is 1. The van der Waals surface area contributed by atoms with Crippen LogP contribution in [0.5, 0.6) is 11.5 Å². The number of nitrogens with one attached hydrogen (secondary N) is 1. The Morgan fingerprint density at radius 2 is 1.95 bits per heavy atom. The first-order valence-electron chi connectivity index (χ1n) is 6.69. The molecule has 0 saturated carbocycles. The Morgan fingerprint density at radius 1 is 1.33 bits per heavy atom. The van der Waals surface area contributed by atoms with Gasteiger partial charge in [-0.25, -0.2) is 0 Å². The Balaban J connectivity index is 0.00000200. The zero-order valence-corrected chi connectivity index (χ0v) is 14.7. The van der Waals surface area contributed by atoms with Crippen molar-refractivity contribution in [2.75, 3.05) is 33.3 Å². The van der Waals surface area contributed by atoms with Gasteiger partial charge in [0, 0.05) is 32.2 Å². The molecule has 2 N–H and O–H groups in total. The van der Waals surface area contributed by atoms with E-state index in [2.05, 4.69) is 17.1 Å². The van der Waals surface area contributed by atoms with Crippen LogP contribution >= 0.6 is 36.4 Å². The van der Waals surface area contributed by atoms with Crippen LogP contribution in [0.1, 0.15) is 24.9 Å². The van der Waals surface area contributed by atoms with Gasteiger partial charge in [-0.2, -0.15) is 0 Å². The van der Waals surface area contributed by atoms with E-state index in [1.165, 1.54) is 0 Å². The summed E-state index contributed by atoms with van der Waals surface area (Å²) >= 11 is 6.05. The maximum atomic E-state index is 10.3. The minimum Gasteiger partial charge on any atom is -0.506 e. The minimum absolute atomic E-state index is 0. The highest BCUT2D eigenvalue weighted by Gasteiger charge is 2.27. The third-order valence-electron chi connectivity index (χ3n) is 3.66. The molecule has 1 fully saturated rings. The normalized spacial score (nSPS) is 16.5. The SMILES string of the molecule is CC[C@H](c1c(OC)ccc(Cl)c1O)N1CCNCC1.Cl.Cl. The molecule has 0 aromatic heterocycles. The smallest absolute Gasteiger partial charge is 0.142 e. The molecule has 1 saturated heterocycles. The van der Waals surface area contributed by atoms with Crippen LogP contribution in [0.4, 0.5) is 0 Å². The van der Waals surface area contributed by atoms with Gasteiger partial charge >= 0.3 is 0 Å². The highest BCUT2D eigenvalue weighted by molar-refractivity contribution is 6.32. The number of piperazine rings is 1. The zero-order chi connectivity index (χ0) is 13.8. The van der Waals surface area contributed by atoms with E-state index < -0.39 is 0 Å². The molecule has 1 aromatic rings. The third kappa shape index (κ3) is 4.54. The van der Waals surface area contributed by atoms with E-state index in [4.69, 9.17) is 16.3 Å². The average molecular weight is 358 g/mol. The van der Waals surface area contributed by atoms with Crippen molar-refractivity contribution in [3.63, 3.8) is 0 Å². The summed E-state index contributed by atoms with van der Waals surface area (Å²) in [5.41, 5.74) is 0.805. The number of aromatic hydroxyl groups is 1. The van der Waals surface area contributed by atoms with Crippen molar-refractivity contribution < 1.29 is 9.84 Å². The highest BCUT2D eigenvalue weighted by atomic mass is 35.5. The maximum absolute atomic E-state index is 10.3. The molecule has 122 valence electrons. The lowest BCUT2D eigenvalue weighted by atomic mass is 9.99. The summed E-state index contributed by atoms with van der Waals surface area (Å²) in [4.78, 5) is 2.37. The van der Waals surface area contributed by atoms with E-state index in [0.29, 0.717) is 10.8 Å². The number of nitrogens with zero attached hydrogens (tertiary/aromatic N) is 1. The maximum Gasteiger partial charge on any atom is 0.142 e. The fraction of sp³-hybridized carbons (Fsp3) is 0.571. The predicted molar refractivity (Wildman–Crippen MR) is 91.6 cm³/mol. The fourth-order valence-electron chi connectivity index (χ4n) is 2.70. The predicted octanol–water partition coefficient (Wildman–Crippen LogP) is 3.25. The van der Waals surface area contributed by atoms with Gasteiger partial charge in [0.25, 0.3) is 0 Å². The number of phenolic OH excluding ortho intramolecular Hbond substituents is 1. The van der Waals surface area contributed by atoms with Crippen molar-refractivity contribution in [1.29, 1.82) is 0 Å². The summed E-state index contributed by atoms with van der Waals surface area (Å²) in [6.45, 7) is 5.99. The molecule has 0 bridgehead atoms. The zero-order valence-electron chi connectivity index (χ0n) is 12.3. The van der Waals surface area contributed by atoms with Gasteiger partial charge < -0.3 is 15.2 Å². The molecule has 1 heterocycles. The van der Waals surface area contributed by atoms with Gasteiger partial charge in [-0.1, -0.05) is 18.5 Å². The largest absolute Gasteiger partial charge is 0.506 e. The Kier molecular flexibility index (Phi) is 9.41. The van der Waals surface area contributed by atoms with E-state index in [1.54, 1.807) is 13.2 Å². The summed E-state index contributed by atoms with van der Waals surface area (Å²) < 4.78 is 5.39. The quantitative estimate of drug-likeness (QED) is 0.868. The van der Waals surface area contributed by atoms with Crippen molar-refractivity contribution >= 4 is 36.4 Å². The first-order valence-corrected chi connectivity index (χ1v) is 7.07. The van der Waals surface area contributed by atoms with Crippen LogP contribution in [-0.2, 0) is 0 Å². The van der Waals surface area contributed by atoms with Crippen LogP contribution in [0.25, 0.3) is 0 Å². The van der Waals surface area contributed by atoms with Crippen molar-refractivity contribution in [3.05, 3.63) is 22.7 Å². The van der Waals surface area contributed by atoms with Crippen LogP contribution in [-0.4, -0.2) is 43.3 Å². The topological polar surface area (TPSA) is 44.7 Å². The number of methoxy groups -OCH3 is 1. The molecule has 1 aromatic carbocycles. The molecule has 21 heavy (non-hydrogen) atoms. The molecule has 1 atom stereocenters. The first-order chi connectivity index (χ1) is 9.19. The molecule has 0 spiro atoms. The second-order valence-electron chi connectivity index (χ2n) is 4.72. The lowest BCUT2D eigenvalue weighted by Crippen LogP contribution is -2.45. The van der Waals surface area contributed by atoms with E-state index in [9.17, 15) is 5.11 Å². The van der Waals surface area contributed by atoms with Crippen LogP contribution in [0.2, 0.25) is 5.02 Å². The number of hydrogen-bond donors (Lipinski definition) is 2. The summed E-state index contributed by atoms with van der Waals surface area (Å²) in [6.07, 6.45) is 0.907. The fourth-order valence-corrected chi connectivity index (χ4v) is 2.87. The summed E-state index contributed by atoms with van der Waals surface area (Å²) in [5, 5.41) is 14.0. The van der Waals surface area contributed by atoms with Gasteiger partial charge in [-0.3, -0.25) is 4.90 Å². The Bertz CT molecular complexity index is 440. The van der Waals surface area contributed by atoms with Crippen LogP contribution < -0.4 is 10.1 Å². The van der Waals surface area contributed by atoms with Crippen LogP contribution in [0.15, 0.2) is 12.1 Å². The number of ether oxygens (including phenoxy) is 1. The summed E-state index contributed by atoms with van der Waals surface area (Å²) in [6, 6.07) is 3.63. The second kappa shape index (κ2) is 9.59. The molecule has 7 heteroatoms. The van der Waals surface area contributed by atoms with E-state index in [1.807, 2.05) is 6.07 Å². The lowest BCUT2D eigenvalue weighted by molar-refractivity contribution is 0.164. The monoisotopic (exact) mass is 356 g/mol. The molecular formula is C14H23Cl3N2O2. The van der Waals surface area contributed by atoms with Gasteiger partial charge in [0.15, 0.2) is 0 Å². The van der Waals surface area contributed by atoms with Gasteiger partial charge in [0.2, 0.25) is 0 Å². The molecule has 1 aliphatic rings. The minimum atomic E-state index is 0.